The highest BCUT2D eigenvalue weighted by molar-refractivity contribution is 6.00. The fraction of sp³-hybridized carbons (Fsp3) is 0.250. The van der Waals surface area contributed by atoms with Gasteiger partial charge in [0.15, 0.2) is 0 Å². The number of nitrogens with zero attached hydrogens (tertiary/aromatic N) is 1. The van der Waals surface area contributed by atoms with Crippen LogP contribution < -0.4 is 10.1 Å². The molecule has 1 atom stereocenters. The van der Waals surface area contributed by atoms with E-state index in [2.05, 4.69) is 12.2 Å². The summed E-state index contributed by atoms with van der Waals surface area (Å²) in [7, 11) is 0. The van der Waals surface area contributed by atoms with E-state index in [1.807, 2.05) is 28.8 Å². The number of amides is 1. The number of ether oxygens (including phenoxy) is 1. The highest BCUT2D eigenvalue weighted by atomic mass is 19.1. The lowest BCUT2D eigenvalue weighted by molar-refractivity contribution is 0.0935. The Morgan fingerprint density at radius 2 is 2.08 bits per heavy atom. The number of rotatable bonds is 4. The molecule has 1 aromatic heterocycles. The molecule has 3 aromatic rings. The van der Waals surface area contributed by atoms with Gasteiger partial charge >= 0.3 is 0 Å². The molecule has 25 heavy (non-hydrogen) atoms. The molecule has 2 heterocycles. The van der Waals surface area contributed by atoms with Crippen molar-refractivity contribution in [3.8, 4) is 5.75 Å². The first-order valence-electron chi connectivity index (χ1n) is 8.47. The number of benzene rings is 2. The van der Waals surface area contributed by atoms with Crippen molar-refractivity contribution >= 4 is 16.8 Å². The van der Waals surface area contributed by atoms with Crippen LogP contribution in [0.1, 0.15) is 29.4 Å². The molecule has 1 aliphatic heterocycles. The lowest BCUT2D eigenvalue weighted by Gasteiger charge is -2.26. The van der Waals surface area contributed by atoms with Crippen LogP contribution in [0.5, 0.6) is 5.75 Å². The van der Waals surface area contributed by atoms with Crippen molar-refractivity contribution in [2.45, 2.75) is 32.5 Å². The Balaban J connectivity index is 1.62. The third-order valence-electron chi connectivity index (χ3n) is 4.62. The molecule has 128 valence electrons. The monoisotopic (exact) mass is 338 g/mol. The molecule has 1 aliphatic rings. The number of nitrogens with one attached hydrogen (secondary N) is 1. The molecule has 4 nitrogen and oxygen atoms in total. The van der Waals surface area contributed by atoms with Crippen molar-refractivity contribution in [1.82, 2.24) is 9.88 Å². The predicted molar refractivity (Wildman–Crippen MR) is 94.2 cm³/mol. The number of para-hydroxylation sites is 1. The first kappa shape index (κ1) is 15.7. The zero-order chi connectivity index (χ0) is 17.4. The smallest absolute Gasteiger partial charge is 0.268 e. The van der Waals surface area contributed by atoms with E-state index in [1.54, 1.807) is 12.1 Å². The van der Waals surface area contributed by atoms with Crippen LogP contribution in [0.2, 0.25) is 0 Å². The van der Waals surface area contributed by atoms with Crippen LogP contribution in [-0.2, 0) is 13.1 Å². The summed E-state index contributed by atoms with van der Waals surface area (Å²) in [4.78, 5) is 12.7. The van der Waals surface area contributed by atoms with Crippen molar-refractivity contribution in [2.24, 2.45) is 0 Å². The van der Waals surface area contributed by atoms with Crippen molar-refractivity contribution < 1.29 is 13.9 Å². The van der Waals surface area contributed by atoms with Crippen LogP contribution in [0.4, 0.5) is 4.39 Å². The molecule has 0 unspecified atom stereocenters. The average Bonchev–Trinajstić information content (AvgIpc) is 3.01. The molecule has 0 bridgehead atoms. The fourth-order valence-corrected chi connectivity index (χ4v) is 3.27. The van der Waals surface area contributed by atoms with Gasteiger partial charge in [0.1, 0.15) is 23.4 Å². The molecule has 1 amide bonds. The highest BCUT2D eigenvalue weighted by Crippen LogP contribution is 2.34. The van der Waals surface area contributed by atoms with Crippen LogP contribution >= 0.6 is 0 Å². The zero-order valence-electron chi connectivity index (χ0n) is 14.0. The maximum atomic E-state index is 13.0. The summed E-state index contributed by atoms with van der Waals surface area (Å²) in [6.45, 7) is 3.10. The Bertz CT molecular complexity index is 931. The quantitative estimate of drug-likeness (QED) is 0.784. The molecule has 5 heteroatoms. The zero-order valence-corrected chi connectivity index (χ0v) is 14.0. The standard InChI is InChI=1S/C20H19FN2O2/c1-2-16-12-23-17(10-14-4-3-5-18(25-16)19(14)23)20(24)22-11-13-6-8-15(21)9-7-13/h3-10,16H,2,11-12H2,1H3,(H,22,24)/t16-/m1/s1. The maximum Gasteiger partial charge on any atom is 0.268 e. The van der Waals surface area contributed by atoms with Gasteiger partial charge in [0.2, 0.25) is 0 Å². The summed E-state index contributed by atoms with van der Waals surface area (Å²) in [6.07, 6.45) is 0.944. The van der Waals surface area contributed by atoms with Crippen LogP contribution in [0.15, 0.2) is 48.5 Å². The van der Waals surface area contributed by atoms with Gasteiger partial charge in [-0.15, -0.1) is 0 Å². The van der Waals surface area contributed by atoms with Crippen LogP contribution in [0, 0.1) is 5.82 Å². The minimum atomic E-state index is -0.282. The average molecular weight is 338 g/mol. The predicted octanol–water partition coefficient (Wildman–Crippen LogP) is 3.88. The summed E-state index contributed by atoms with van der Waals surface area (Å²) < 4.78 is 21.0. The van der Waals surface area contributed by atoms with Gasteiger partial charge in [0.05, 0.1) is 12.1 Å². The Kier molecular flexibility index (Phi) is 3.92. The molecule has 0 saturated heterocycles. The number of halogens is 1. The van der Waals surface area contributed by atoms with Gasteiger partial charge in [-0.05, 0) is 36.2 Å². The van der Waals surface area contributed by atoms with Gasteiger partial charge in [0, 0.05) is 11.9 Å². The molecule has 0 saturated carbocycles. The number of aromatic nitrogens is 1. The van der Waals surface area contributed by atoms with Crippen molar-refractivity contribution in [3.05, 3.63) is 65.6 Å². The minimum absolute atomic E-state index is 0.0640. The van der Waals surface area contributed by atoms with Gasteiger partial charge in [0.25, 0.3) is 5.91 Å². The van der Waals surface area contributed by atoms with E-state index in [1.165, 1.54) is 12.1 Å². The maximum absolute atomic E-state index is 13.0. The molecule has 0 spiro atoms. The summed E-state index contributed by atoms with van der Waals surface area (Å²) in [5.74, 6) is 0.409. The van der Waals surface area contributed by atoms with Gasteiger partial charge in [-0.1, -0.05) is 31.2 Å². The van der Waals surface area contributed by atoms with Gasteiger partial charge in [-0.2, -0.15) is 0 Å². The molecule has 0 radical (unpaired) electrons. The number of hydrogen-bond donors (Lipinski definition) is 1. The second-order valence-corrected chi connectivity index (χ2v) is 6.29. The molecule has 0 fully saturated rings. The fourth-order valence-electron chi connectivity index (χ4n) is 3.27. The van der Waals surface area contributed by atoms with E-state index < -0.39 is 0 Å². The van der Waals surface area contributed by atoms with E-state index in [4.69, 9.17) is 4.74 Å². The largest absolute Gasteiger partial charge is 0.486 e. The first-order chi connectivity index (χ1) is 12.2. The summed E-state index contributed by atoms with van der Waals surface area (Å²) in [6, 6.07) is 13.9. The summed E-state index contributed by atoms with van der Waals surface area (Å²) in [5.41, 5.74) is 2.46. The molecule has 4 rings (SSSR count). The third kappa shape index (κ3) is 2.86. The molecular weight excluding hydrogens is 319 g/mol. The van der Waals surface area contributed by atoms with Crippen molar-refractivity contribution in [2.75, 3.05) is 0 Å². The Morgan fingerprint density at radius 3 is 2.84 bits per heavy atom. The molecule has 2 aromatic carbocycles. The van der Waals surface area contributed by atoms with E-state index in [0.717, 1.165) is 28.6 Å². The second-order valence-electron chi connectivity index (χ2n) is 6.29. The van der Waals surface area contributed by atoms with Crippen molar-refractivity contribution in [3.63, 3.8) is 0 Å². The Labute approximate surface area is 145 Å². The van der Waals surface area contributed by atoms with Gasteiger partial charge < -0.3 is 14.6 Å². The van der Waals surface area contributed by atoms with Crippen molar-refractivity contribution in [1.29, 1.82) is 0 Å². The van der Waals surface area contributed by atoms with Gasteiger partial charge in [-0.3, -0.25) is 4.79 Å². The number of carbonyl (C=O) groups excluding carboxylic acids is 1. The normalized spacial score (nSPS) is 15.8. The lowest BCUT2D eigenvalue weighted by atomic mass is 10.2. The van der Waals surface area contributed by atoms with E-state index in [9.17, 15) is 9.18 Å². The highest BCUT2D eigenvalue weighted by Gasteiger charge is 2.25. The first-order valence-corrected chi connectivity index (χ1v) is 8.47. The SMILES string of the molecule is CC[C@@H]1Cn2c(C(=O)NCc3ccc(F)cc3)cc3cccc(c32)O1. The lowest BCUT2D eigenvalue weighted by Crippen LogP contribution is -2.31. The molecule has 1 N–H and O–H groups in total. The topological polar surface area (TPSA) is 43.3 Å². The van der Waals surface area contributed by atoms with E-state index in [0.29, 0.717) is 18.8 Å². The summed E-state index contributed by atoms with van der Waals surface area (Å²) in [5, 5.41) is 3.92. The number of carbonyl (C=O) groups is 1. The Morgan fingerprint density at radius 1 is 1.28 bits per heavy atom. The number of hydrogen-bond acceptors (Lipinski definition) is 2. The van der Waals surface area contributed by atoms with Crippen LogP contribution in [-0.4, -0.2) is 16.6 Å². The third-order valence-corrected chi connectivity index (χ3v) is 4.62. The second kappa shape index (κ2) is 6.24. The van der Waals surface area contributed by atoms with E-state index in [-0.39, 0.29) is 17.8 Å². The Hall–Kier alpha value is -2.82. The minimum Gasteiger partial charge on any atom is -0.486 e. The molecule has 0 aliphatic carbocycles. The summed E-state index contributed by atoms with van der Waals surface area (Å²) >= 11 is 0. The van der Waals surface area contributed by atoms with Gasteiger partial charge in [-0.25, -0.2) is 4.39 Å². The van der Waals surface area contributed by atoms with Crippen LogP contribution in [0.25, 0.3) is 10.9 Å². The van der Waals surface area contributed by atoms with E-state index >= 15 is 0 Å². The van der Waals surface area contributed by atoms with Crippen LogP contribution in [0.3, 0.4) is 0 Å². The molecular formula is C20H19FN2O2.